The zero-order valence-electron chi connectivity index (χ0n) is 8.88. The number of fused-ring (bicyclic) bond motifs is 2. The Morgan fingerprint density at radius 2 is 1.56 bits per heavy atom. The highest BCUT2D eigenvalue weighted by Crippen LogP contribution is 2.06. The molecule has 1 heterocycles. The lowest BCUT2D eigenvalue weighted by Gasteiger charge is -2.04. The lowest BCUT2D eigenvalue weighted by Crippen LogP contribution is -2.12. The molecule has 1 atom stereocenters. The van der Waals surface area contributed by atoms with Gasteiger partial charge in [0.25, 0.3) is 0 Å². The smallest absolute Gasteiger partial charge is 0.0812 e. The van der Waals surface area contributed by atoms with Crippen LogP contribution in [-0.2, 0) is 9.71 Å². The minimum Gasteiger partial charge on any atom is -0.245 e. The van der Waals surface area contributed by atoms with Gasteiger partial charge in [-0.05, 0) is 12.1 Å². The fourth-order valence-corrected chi connectivity index (χ4v) is 3.59. The maximum atomic E-state index is 12.4. The molecule has 0 amide bonds. The van der Waals surface area contributed by atoms with Gasteiger partial charge >= 0.3 is 0 Å². The van der Waals surface area contributed by atoms with Gasteiger partial charge in [0.15, 0.2) is 0 Å². The van der Waals surface area contributed by atoms with E-state index in [2.05, 4.69) is 4.40 Å². The molecule has 0 bridgehead atoms. The molecule has 2 aromatic rings. The van der Waals surface area contributed by atoms with E-state index in [1.165, 1.54) is 0 Å². The Balaban J connectivity index is 2.89. The minimum absolute atomic E-state index is 0.828. The van der Waals surface area contributed by atoms with Gasteiger partial charge in [-0.15, -0.1) is 0 Å². The molecular weight excluding hydrogens is 218 g/mol. The van der Waals surface area contributed by atoms with Crippen LogP contribution >= 0.6 is 0 Å². The maximum Gasteiger partial charge on any atom is 0.0812 e. The van der Waals surface area contributed by atoms with Crippen molar-refractivity contribution in [1.82, 2.24) is 0 Å². The predicted molar refractivity (Wildman–Crippen MR) is 64.6 cm³/mol. The van der Waals surface area contributed by atoms with Crippen LogP contribution in [0.15, 0.2) is 52.9 Å². The molecule has 16 heavy (non-hydrogen) atoms. The van der Waals surface area contributed by atoms with E-state index in [0.717, 1.165) is 20.3 Å². The molecule has 0 radical (unpaired) electrons. The van der Waals surface area contributed by atoms with E-state index in [9.17, 15) is 4.21 Å². The molecule has 2 aromatic carbocycles. The first-order valence-corrected chi connectivity index (χ1v) is 7.01. The van der Waals surface area contributed by atoms with Gasteiger partial charge in [0.2, 0.25) is 0 Å². The molecule has 0 saturated heterocycles. The van der Waals surface area contributed by atoms with Gasteiger partial charge < -0.3 is 0 Å². The fourth-order valence-electron chi connectivity index (χ4n) is 2.04. The Kier molecular flexibility index (Phi) is 1.91. The quantitative estimate of drug-likeness (QED) is 0.632. The second kappa shape index (κ2) is 3.19. The van der Waals surface area contributed by atoms with Crippen molar-refractivity contribution in [3.8, 4) is 0 Å². The van der Waals surface area contributed by atoms with Crippen molar-refractivity contribution in [3.05, 3.63) is 68.8 Å². The van der Waals surface area contributed by atoms with Crippen molar-refractivity contribution in [2.24, 2.45) is 4.40 Å². The fraction of sp³-hybridized carbons (Fsp3) is 0.0769. The van der Waals surface area contributed by atoms with Gasteiger partial charge in [0.05, 0.1) is 19.6 Å². The highest BCUT2D eigenvalue weighted by Gasteiger charge is 2.04. The summed E-state index contributed by atoms with van der Waals surface area (Å²) in [5.74, 6) is 0. The van der Waals surface area contributed by atoms with E-state index in [0.29, 0.717) is 0 Å². The van der Waals surface area contributed by atoms with E-state index < -0.39 is 9.71 Å². The average molecular weight is 229 g/mol. The first-order valence-electron chi connectivity index (χ1n) is 5.09. The number of hydrogen-bond acceptors (Lipinski definition) is 1. The summed E-state index contributed by atoms with van der Waals surface area (Å²) < 4.78 is 17.6. The topological polar surface area (TPSA) is 29.4 Å². The van der Waals surface area contributed by atoms with Crippen LogP contribution in [0, 0.1) is 14.9 Å². The van der Waals surface area contributed by atoms with Gasteiger partial charge in [-0.1, -0.05) is 36.4 Å². The molecule has 0 N–H and O–H groups in total. The summed E-state index contributed by atoms with van der Waals surface area (Å²) in [6.07, 6.45) is 1.70. The monoisotopic (exact) mass is 229 g/mol. The first kappa shape index (κ1) is 9.60. The molecule has 80 valence electrons. The first-order chi connectivity index (χ1) is 7.68. The van der Waals surface area contributed by atoms with Gasteiger partial charge in [0, 0.05) is 16.7 Å². The summed E-state index contributed by atoms with van der Waals surface area (Å²) in [6.45, 7) is 0. The van der Waals surface area contributed by atoms with Crippen molar-refractivity contribution in [1.29, 1.82) is 0 Å². The van der Waals surface area contributed by atoms with Crippen molar-refractivity contribution in [2.75, 3.05) is 6.26 Å². The number of benzene rings is 2. The Hall–Kier alpha value is -1.61. The van der Waals surface area contributed by atoms with Crippen LogP contribution in [0.5, 0.6) is 0 Å². The third kappa shape index (κ3) is 1.28. The second-order valence-electron chi connectivity index (χ2n) is 3.91. The Morgan fingerprint density at radius 1 is 0.938 bits per heavy atom. The molecule has 0 aromatic heterocycles. The highest BCUT2D eigenvalue weighted by atomic mass is 32.2. The van der Waals surface area contributed by atoms with E-state index in [-0.39, 0.29) is 0 Å². The normalized spacial score (nSPS) is 21.8. The van der Waals surface area contributed by atoms with E-state index >= 15 is 0 Å². The minimum atomic E-state index is -2.28. The summed E-state index contributed by atoms with van der Waals surface area (Å²) in [6, 6.07) is 15.6. The molecule has 0 fully saturated rings. The van der Waals surface area contributed by atoms with Crippen LogP contribution in [-0.4, -0.2) is 10.5 Å². The maximum absolute atomic E-state index is 12.4. The third-order valence-corrected chi connectivity index (χ3v) is 4.48. The van der Waals surface area contributed by atoms with Crippen molar-refractivity contribution in [3.63, 3.8) is 0 Å². The molecule has 3 heteroatoms. The van der Waals surface area contributed by atoms with Crippen LogP contribution in [0.25, 0.3) is 0 Å². The van der Waals surface area contributed by atoms with Crippen molar-refractivity contribution >= 4 is 9.71 Å². The number of rotatable bonds is 0. The molecule has 0 saturated carbocycles. The number of nitrogens with zero attached hydrogens (tertiary/aromatic N) is 1. The van der Waals surface area contributed by atoms with E-state index in [1.807, 2.05) is 48.5 Å². The lowest BCUT2D eigenvalue weighted by molar-refractivity contribution is 0.682. The third-order valence-electron chi connectivity index (χ3n) is 2.76. The SMILES string of the molecule is CS1(=O)=c2ccccc2=c2ccccc2=N1. The van der Waals surface area contributed by atoms with E-state index in [4.69, 9.17) is 0 Å². The molecule has 0 aliphatic carbocycles. The zero-order chi connectivity index (χ0) is 11.2. The van der Waals surface area contributed by atoms with Crippen LogP contribution < -0.4 is 5.36 Å². The molecule has 1 aliphatic heterocycles. The molecule has 1 aliphatic rings. The summed E-state index contributed by atoms with van der Waals surface area (Å²) in [5, 5.41) is 2.94. The standard InChI is InChI=1S/C13H11NOS/c1-16(15)13-9-5-3-7-11(13)10-6-2-4-8-12(10)14-16/h2-9H,1H3. The summed E-state index contributed by atoms with van der Waals surface area (Å²) in [7, 11) is -2.28. The molecule has 1 unspecified atom stereocenters. The summed E-state index contributed by atoms with van der Waals surface area (Å²) in [4.78, 5) is 0. The molecule has 2 nitrogen and oxygen atoms in total. The second-order valence-corrected chi connectivity index (χ2v) is 6.13. The van der Waals surface area contributed by atoms with Crippen molar-refractivity contribution in [2.45, 2.75) is 0 Å². The van der Waals surface area contributed by atoms with Gasteiger partial charge in [-0.2, -0.15) is 4.40 Å². The average Bonchev–Trinajstić information content (AvgIpc) is 2.29. The van der Waals surface area contributed by atoms with Gasteiger partial charge in [0.1, 0.15) is 0 Å². The van der Waals surface area contributed by atoms with Crippen LogP contribution in [0.1, 0.15) is 0 Å². The highest BCUT2D eigenvalue weighted by molar-refractivity contribution is 7.93. The van der Waals surface area contributed by atoms with Crippen LogP contribution in [0.2, 0.25) is 0 Å². The molecule has 3 rings (SSSR count). The Labute approximate surface area is 93.7 Å². The van der Waals surface area contributed by atoms with Gasteiger partial charge in [-0.3, -0.25) is 0 Å². The largest absolute Gasteiger partial charge is 0.245 e. The van der Waals surface area contributed by atoms with E-state index in [1.54, 1.807) is 6.26 Å². The molecule has 0 spiro atoms. The Bertz CT molecular complexity index is 861. The summed E-state index contributed by atoms with van der Waals surface area (Å²) >= 11 is 0. The van der Waals surface area contributed by atoms with Gasteiger partial charge in [-0.25, -0.2) is 4.21 Å². The van der Waals surface area contributed by atoms with Crippen LogP contribution in [0.3, 0.4) is 0 Å². The van der Waals surface area contributed by atoms with Crippen molar-refractivity contribution < 1.29 is 4.21 Å². The Morgan fingerprint density at radius 3 is 2.38 bits per heavy atom. The summed E-state index contributed by atoms with van der Waals surface area (Å²) in [5.41, 5.74) is 0. The molecular formula is C13H11NOS. The number of hydrogen-bond donors (Lipinski definition) is 0. The lowest BCUT2D eigenvalue weighted by atomic mass is 10.2. The predicted octanol–water partition coefficient (Wildman–Crippen LogP) is 1.69. The van der Waals surface area contributed by atoms with Crippen LogP contribution in [0.4, 0.5) is 0 Å². The zero-order valence-corrected chi connectivity index (χ0v) is 9.70.